The Hall–Kier alpha value is -2.18. The van der Waals surface area contributed by atoms with Gasteiger partial charge in [-0.1, -0.05) is 0 Å². The van der Waals surface area contributed by atoms with E-state index >= 15 is 0 Å². The van der Waals surface area contributed by atoms with Gasteiger partial charge < -0.3 is 10.1 Å². The van der Waals surface area contributed by atoms with Crippen LogP contribution in [0, 0.1) is 0 Å². The smallest absolute Gasteiger partial charge is 0.323 e. The molecular weight excluding hydrogens is 232 g/mol. The minimum Gasteiger partial charge on any atom is -0.458 e. The SMILES string of the molecule is CNc1nc(OC(C)(C)C)nc(-n2cccn2)n1. The first kappa shape index (κ1) is 12.3. The maximum Gasteiger partial charge on any atom is 0.323 e. The Morgan fingerprint density at radius 2 is 2.00 bits per heavy atom. The minimum atomic E-state index is -0.367. The van der Waals surface area contributed by atoms with Gasteiger partial charge >= 0.3 is 6.01 Å². The summed E-state index contributed by atoms with van der Waals surface area (Å²) in [6.07, 6.45) is 3.42. The van der Waals surface area contributed by atoms with E-state index in [0.717, 1.165) is 0 Å². The molecule has 0 fully saturated rings. The van der Waals surface area contributed by atoms with Crippen LogP contribution in [0.2, 0.25) is 0 Å². The van der Waals surface area contributed by atoms with Gasteiger partial charge in [-0.3, -0.25) is 0 Å². The first-order valence-electron chi connectivity index (χ1n) is 5.61. The molecule has 0 aliphatic carbocycles. The van der Waals surface area contributed by atoms with Gasteiger partial charge in [0.05, 0.1) is 0 Å². The van der Waals surface area contributed by atoms with Crippen molar-refractivity contribution in [2.24, 2.45) is 0 Å². The Morgan fingerprint density at radius 1 is 1.22 bits per heavy atom. The average Bonchev–Trinajstić information content (AvgIpc) is 2.79. The molecular formula is C11H16N6O. The minimum absolute atomic E-state index is 0.271. The monoisotopic (exact) mass is 248 g/mol. The molecule has 96 valence electrons. The maximum absolute atomic E-state index is 5.64. The van der Waals surface area contributed by atoms with E-state index in [1.165, 1.54) is 0 Å². The molecule has 2 heterocycles. The standard InChI is InChI=1S/C11H16N6O/c1-11(2,3)18-10-15-8(12-4)14-9(16-10)17-7-5-6-13-17/h5-7H,1-4H3,(H,12,14,15,16). The fraction of sp³-hybridized carbons (Fsp3) is 0.455. The first-order valence-corrected chi connectivity index (χ1v) is 5.61. The second kappa shape index (κ2) is 4.59. The van der Waals surface area contributed by atoms with Gasteiger partial charge in [0.2, 0.25) is 5.95 Å². The summed E-state index contributed by atoms with van der Waals surface area (Å²) in [5, 5.41) is 6.95. The van der Waals surface area contributed by atoms with Gasteiger partial charge in [0.25, 0.3) is 5.95 Å². The molecule has 0 saturated carbocycles. The molecule has 2 aromatic rings. The molecule has 0 amide bonds. The number of rotatable bonds is 3. The van der Waals surface area contributed by atoms with E-state index < -0.39 is 0 Å². The molecule has 0 aliphatic rings. The third-order valence-corrected chi connectivity index (χ3v) is 1.93. The average molecular weight is 248 g/mol. The summed E-state index contributed by atoms with van der Waals surface area (Å²) in [5.74, 6) is 0.855. The Kier molecular flexibility index (Phi) is 3.14. The molecule has 7 nitrogen and oxygen atoms in total. The Labute approximate surface area is 105 Å². The normalized spacial score (nSPS) is 11.3. The molecule has 0 unspecified atom stereocenters. The number of anilines is 1. The van der Waals surface area contributed by atoms with E-state index in [2.05, 4.69) is 25.4 Å². The third kappa shape index (κ3) is 2.93. The van der Waals surface area contributed by atoms with Gasteiger partial charge in [0, 0.05) is 19.4 Å². The lowest BCUT2D eigenvalue weighted by molar-refractivity contribution is 0.116. The number of aromatic nitrogens is 5. The first-order chi connectivity index (χ1) is 8.48. The van der Waals surface area contributed by atoms with Gasteiger partial charge in [-0.15, -0.1) is 0 Å². The molecule has 0 aliphatic heterocycles. The second-order valence-electron chi connectivity index (χ2n) is 4.66. The van der Waals surface area contributed by atoms with Crippen molar-refractivity contribution in [3.05, 3.63) is 18.5 Å². The highest BCUT2D eigenvalue weighted by Crippen LogP contribution is 2.15. The van der Waals surface area contributed by atoms with E-state index in [0.29, 0.717) is 11.9 Å². The van der Waals surface area contributed by atoms with Gasteiger partial charge in [-0.25, -0.2) is 4.68 Å². The molecule has 2 rings (SSSR count). The zero-order chi connectivity index (χ0) is 13.2. The molecule has 18 heavy (non-hydrogen) atoms. The number of nitrogens with zero attached hydrogens (tertiary/aromatic N) is 5. The quantitative estimate of drug-likeness (QED) is 0.881. The van der Waals surface area contributed by atoms with Crippen LogP contribution >= 0.6 is 0 Å². The molecule has 0 atom stereocenters. The van der Waals surface area contributed by atoms with Crippen LogP contribution in [0.5, 0.6) is 6.01 Å². The summed E-state index contributed by atoms with van der Waals surface area (Å²) in [4.78, 5) is 12.6. The van der Waals surface area contributed by atoms with E-state index in [4.69, 9.17) is 4.74 Å². The highest BCUT2D eigenvalue weighted by atomic mass is 16.5. The van der Waals surface area contributed by atoms with Crippen LogP contribution in [0.4, 0.5) is 5.95 Å². The van der Waals surface area contributed by atoms with Crippen LogP contribution in [-0.4, -0.2) is 37.4 Å². The van der Waals surface area contributed by atoms with Crippen molar-refractivity contribution in [2.45, 2.75) is 26.4 Å². The Balaban J connectivity index is 2.39. The Morgan fingerprint density at radius 3 is 2.56 bits per heavy atom. The van der Waals surface area contributed by atoms with Crippen LogP contribution in [0.15, 0.2) is 18.5 Å². The molecule has 0 radical (unpaired) electrons. The summed E-state index contributed by atoms with van der Waals surface area (Å²) in [7, 11) is 1.74. The fourth-order valence-electron chi connectivity index (χ4n) is 1.27. The van der Waals surface area contributed by atoms with Crippen LogP contribution < -0.4 is 10.1 Å². The molecule has 7 heteroatoms. The van der Waals surface area contributed by atoms with E-state index in [-0.39, 0.29) is 11.6 Å². The zero-order valence-corrected chi connectivity index (χ0v) is 10.9. The summed E-state index contributed by atoms with van der Waals surface area (Å²) >= 11 is 0. The van der Waals surface area contributed by atoms with Crippen molar-refractivity contribution >= 4 is 5.95 Å². The van der Waals surface area contributed by atoms with Gasteiger partial charge in [0.1, 0.15) is 5.60 Å². The molecule has 0 spiro atoms. The van der Waals surface area contributed by atoms with E-state index in [9.17, 15) is 0 Å². The summed E-state index contributed by atoms with van der Waals surface area (Å²) in [6.45, 7) is 5.80. The van der Waals surface area contributed by atoms with Crippen molar-refractivity contribution < 1.29 is 4.74 Å². The lowest BCUT2D eigenvalue weighted by Gasteiger charge is -2.19. The van der Waals surface area contributed by atoms with Crippen molar-refractivity contribution in [1.82, 2.24) is 24.7 Å². The molecule has 0 bridgehead atoms. The Bertz CT molecular complexity index is 517. The predicted octanol–water partition coefficient (Wildman–Crippen LogP) is 1.28. The predicted molar refractivity (Wildman–Crippen MR) is 66.9 cm³/mol. The highest BCUT2D eigenvalue weighted by molar-refractivity contribution is 5.29. The fourth-order valence-corrected chi connectivity index (χ4v) is 1.27. The third-order valence-electron chi connectivity index (χ3n) is 1.93. The van der Waals surface area contributed by atoms with Gasteiger partial charge in [-0.2, -0.15) is 20.1 Å². The van der Waals surface area contributed by atoms with Crippen LogP contribution in [0.1, 0.15) is 20.8 Å². The molecule has 2 aromatic heterocycles. The highest BCUT2D eigenvalue weighted by Gasteiger charge is 2.16. The zero-order valence-electron chi connectivity index (χ0n) is 10.9. The summed E-state index contributed by atoms with van der Waals surface area (Å²) < 4.78 is 7.19. The largest absolute Gasteiger partial charge is 0.458 e. The van der Waals surface area contributed by atoms with Crippen LogP contribution in [-0.2, 0) is 0 Å². The lowest BCUT2D eigenvalue weighted by atomic mass is 10.2. The lowest BCUT2D eigenvalue weighted by Crippen LogP contribution is -2.25. The number of hydrogen-bond donors (Lipinski definition) is 1. The van der Waals surface area contributed by atoms with Crippen LogP contribution in [0.3, 0.4) is 0 Å². The molecule has 0 saturated heterocycles. The van der Waals surface area contributed by atoms with Gasteiger partial charge in [0.15, 0.2) is 0 Å². The maximum atomic E-state index is 5.64. The second-order valence-corrected chi connectivity index (χ2v) is 4.66. The molecule has 1 N–H and O–H groups in total. The van der Waals surface area contributed by atoms with Crippen molar-refractivity contribution in [3.63, 3.8) is 0 Å². The summed E-state index contributed by atoms with van der Waals surface area (Å²) in [6, 6.07) is 2.07. The van der Waals surface area contributed by atoms with E-state index in [1.54, 1.807) is 30.2 Å². The molecule has 0 aromatic carbocycles. The van der Waals surface area contributed by atoms with E-state index in [1.807, 2.05) is 20.8 Å². The van der Waals surface area contributed by atoms with Crippen LogP contribution in [0.25, 0.3) is 5.95 Å². The number of hydrogen-bond acceptors (Lipinski definition) is 6. The van der Waals surface area contributed by atoms with Crippen molar-refractivity contribution in [1.29, 1.82) is 0 Å². The van der Waals surface area contributed by atoms with Crippen molar-refractivity contribution in [2.75, 3.05) is 12.4 Å². The van der Waals surface area contributed by atoms with Crippen molar-refractivity contribution in [3.8, 4) is 12.0 Å². The number of ether oxygens (including phenoxy) is 1. The number of nitrogens with one attached hydrogen (secondary N) is 1. The summed E-state index contributed by atoms with van der Waals surface area (Å²) in [5.41, 5.74) is -0.367. The topological polar surface area (TPSA) is 77.8 Å². The van der Waals surface area contributed by atoms with Gasteiger partial charge in [-0.05, 0) is 26.8 Å².